The van der Waals surface area contributed by atoms with E-state index in [1.54, 1.807) is 12.4 Å². The molecule has 2 rings (SSSR count). The van der Waals surface area contributed by atoms with Crippen LogP contribution in [0.2, 0.25) is 0 Å². The number of nitrogens with one attached hydrogen (secondary N) is 1. The Balaban J connectivity index is 2.22. The fourth-order valence-electron chi connectivity index (χ4n) is 1.95. The summed E-state index contributed by atoms with van der Waals surface area (Å²) in [6.07, 6.45) is 3.09. The van der Waals surface area contributed by atoms with Crippen LogP contribution in [0.5, 0.6) is 0 Å². The van der Waals surface area contributed by atoms with Gasteiger partial charge in [-0.2, -0.15) is 0 Å². The summed E-state index contributed by atoms with van der Waals surface area (Å²) in [5, 5.41) is 2.75. The van der Waals surface area contributed by atoms with Crippen molar-refractivity contribution in [1.82, 2.24) is 4.98 Å². The Kier molecular flexibility index (Phi) is 4.26. The number of benzene rings is 1. The lowest BCUT2D eigenvalue weighted by molar-refractivity contribution is 0.0636. The van der Waals surface area contributed by atoms with Crippen molar-refractivity contribution in [2.24, 2.45) is 0 Å². The molecule has 21 heavy (non-hydrogen) atoms. The van der Waals surface area contributed by atoms with Crippen LogP contribution in [0.3, 0.4) is 0 Å². The Bertz CT molecular complexity index is 631. The normalized spacial score (nSPS) is 11.0. The van der Waals surface area contributed by atoms with Crippen LogP contribution >= 0.6 is 0 Å². The van der Waals surface area contributed by atoms with Gasteiger partial charge in [0.05, 0.1) is 0 Å². The molecule has 0 saturated heterocycles. The Hall–Kier alpha value is -2.36. The zero-order valence-electron chi connectivity index (χ0n) is 12.8. The van der Waals surface area contributed by atoms with Crippen LogP contribution < -0.4 is 5.32 Å². The lowest BCUT2D eigenvalue weighted by Crippen LogP contribution is -2.27. The first-order valence-electron chi connectivity index (χ1n) is 6.86. The quantitative estimate of drug-likeness (QED) is 0.889. The number of carbonyl (C=O) groups is 1. The second-order valence-corrected chi connectivity index (χ2v) is 5.90. The molecule has 4 heteroatoms. The van der Waals surface area contributed by atoms with Crippen LogP contribution in [0.1, 0.15) is 26.3 Å². The van der Waals surface area contributed by atoms with Crippen LogP contribution in [0, 0.1) is 6.92 Å². The number of amides is 1. The van der Waals surface area contributed by atoms with Crippen LogP contribution in [0.25, 0.3) is 11.1 Å². The number of ether oxygens (including phenoxy) is 1. The molecule has 110 valence electrons. The third-order valence-corrected chi connectivity index (χ3v) is 2.86. The lowest BCUT2D eigenvalue weighted by Gasteiger charge is -2.20. The summed E-state index contributed by atoms with van der Waals surface area (Å²) in [5.74, 6) is 0. The molecule has 1 aromatic carbocycles. The summed E-state index contributed by atoms with van der Waals surface area (Å²) in [5.41, 5.74) is 3.37. The minimum atomic E-state index is -0.513. The number of rotatable bonds is 2. The minimum absolute atomic E-state index is 0.455. The van der Waals surface area contributed by atoms with Gasteiger partial charge >= 0.3 is 6.09 Å². The van der Waals surface area contributed by atoms with Crippen molar-refractivity contribution in [2.75, 3.05) is 5.32 Å². The van der Waals surface area contributed by atoms with E-state index in [1.807, 2.05) is 58.0 Å². The van der Waals surface area contributed by atoms with Gasteiger partial charge in [-0.05, 0) is 57.0 Å². The fraction of sp³-hybridized carbons (Fsp3) is 0.294. The topological polar surface area (TPSA) is 51.2 Å². The van der Waals surface area contributed by atoms with Gasteiger partial charge in [-0.15, -0.1) is 0 Å². The van der Waals surface area contributed by atoms with Gasteiger partial charge < -0.3 is 4.74 Å². The number of nitrogens with zero attached hydrogens (tertiary/aromatic N) is 1. The zero-order valence-corrected chi connectivity index (χ0v) is 12.8. The van der Waals surface area contributed by atoms with Crippen LogP contribution in [-0.4, -0.2) is 16.7 Å². The zero-order chi connectivity index (χ0) is 15.5. The fourth-order valence-corrected chi connectivity index (χ4v) is 1.95. The van der Waals surface area contributed by atoms with E-state index in [4.69, 9.17) is 4.74 Å². The molecule has 0 aliphatic carbocycles. The monoisotopic (exact) mass is 284 g/mol. The lowest BCUT2D eigenvalue weighted by atomic mass is 10.0. The van der Waals surface area contributed by atoms with Crippen molar-refractivity contribution in [3.8, 4) is 11.1 Å². The van der Waals surface area contributed by atoms with E-state index in [9.17, 15) is 4.79 Å². The highest BCUT2D eigenvalue weighted by Crippen LogP contribution is 2.26. The van der Waals surface area contributed by atoms with Crippen molar-refractivity contribution in [3.05, 3.63) is 48.3 Å². The maximum atomic E-state index is 11.8. The van der Waals surface area contributed by atoms with Gasteiger partial charge in [0.1, 0.15) is 5.60 Å². The molecule has 0 spiro atoms. The number of carbonyl (C=O) groups excluding carboxylic acids is 1. The van der Waals surface area contributed by atoms with E-state index in [2.05, 4.69) is 10.3 Å². The highest BCUT2D eigenvalue weighted by Gasteiger charge is 2.16. The molecule has 0 atom stereocenters. The van der Waals surface area contributed by atoms with E-state index in [1.165, 1.54) is 0 Å². The number of aryl methyl sites for hydroxylation is 1. The summed E-state index contributed by atoms with van der Waals surface area (Å²) in [7, 11) is 0. The molecule has 4 nitrogen and oxygen atoms in total. The minimum Gasteiger partial charge on any atom is -0.444 e. The number of pyridine rings is 1. The molecule has 0 saturated carbocycles. The summed E-state index contributed by atoms with van der Waals surface area (Å²) in [6, 6.07) is 9.64. The molecule has 0 aliphatic heterocycles. The van der Waals surface area contributed by atoms with E-state index >= 15 is 0 Å². The SMILES string of the molecule is Cc1ccc(NC(=O)OC(C)(C)C)cc1-c1cccnc1. The number of anilines is 1. The van der Waals surface area contributed by atoms with Gasteiger partial charge in [0, 0.05) is 23.6 Å². The Morgan fingerprint density at radius 1 is 1.24 bits per heavy atom. The molecule has 0 aliphatic rings. The van der Waals surface area contributed by atoms with Gasteiger partial charge in [-0.1, -0.05) is 12.1 Å². The second kappa shape index (κ2) is 5.95. The Morgan fingerprint density at radius 3 is 2.62 bits per heavy atom. The first kappa shape index (κ1) is 15.0. The van der Waals surface area contributed by atoms with Crippen molar-refractivity contribution in [3.63, 3.8) is 0 Å². The van der Waals surface area contributed by atoms with Gasteiger partial charge in [0.15, 0.2) is 0 Å². The summed E-state index contributed by atoms with van der Waals surface area (Å²) < 4.78 is 5.26. The van der Waals surface area contributed by atoms with Crippen molar-refractivity contribution >= 4 is 11.8 Å². The predicted molar refractivity (Wildman–Crippen MR) is 84.3 cm³/mol. The maximum absolute atomic E-state index is 11.8. The second-order valence-electron chi connectivity index (χ2n) is 5.90. The molecule has 1 aromatic heterocycles. The average Bonchev–Trinajstić information content (AvgIpc) is 2.40. The molecule has 0 fully saturated rings. The molecule has 0 bridgehead atoms. The van der Waals surface area contributed by atoms with E-state index in [0.29, 0.717) is 5.69 Å². The summed E-state index contributed by atoms with van der Waals surface area (Å²) >= 11 is 0. The molecular weight excluding hydrogens is 264 g/mol. The number of hydrogen-bond acceptors (Lipinski definition) is 3. The highest BCUT2D eigenvalue weighted by molar-refractivity contribution is 5.86. The Morgan fingerprint density at radius 2 is 2.00 bits per heavy atom. The molecule has 0 unspecified atom stereocenters. The maximum Gasteiger partial charge on any atom is 0.412 e. The molecule has 1 heterocycles. The average molecular weight is 284 g/mol. The van der Waals surface area contributed by atoms with Crippen molar-refractivity contribution in [1.29, 1.82) is 0 Å². The molecule has 2 aromatic rings. The third kappa shape index (κ3) is 4.31. The van der Waals surface area contributed by atoms with E-state index in [-0.39, 0.29) is 0 Å². The first-order chi connectivity index (χ1) is 9.85. The smallest absolute Gasteiger partial charge is 0.412 e. The van der Waals surface area contributed by atoms with Crippen LogP contribution in [0.15, 0.2) is 42.7 Å². The van der Waals surface area contributed by atoms with Gasteiger partial charge in [-0.3, -0.25) is 10.3 Å². The predicted octanol–water partition coefficient (Wildman–Crippen LogP) is 4.40. The van der Waals surface area contributed by atoms with Crippen molar-refractivity contribution in [2.45, 2.75) is 33.3 Å². The first-order valence-corrected chi connectivity index (χ1v) is 6.86. The van der Waals surface area contributed by atoms with Gasteiger partial charge in [-0.25, -0.2) is 4.79 Å². The van der Waals surface area contributed by atoms with Gasteiger partial charge in [0.2, 0.25) is 0 Å². The Labute approximate surface area is 125 Å². The number of hydrogen-bond donors (Lipinski definition) is 1. The van der Waals surface area contributed by atoms with E-state index < -0.39 is 11.7 Å². The molecular formula is C17H20N2O2. The van der Waals surface area contributed by atoms with Crippen molar-refractivity contribution < 1.29 is 9.53 Å². The highest BCUT2D eigenvalue weighted by atomic mass is 16.6. The third-order valence-electron chi connectivity index (χ3n) is 2.86. The van der Waals surface area contributed by atoms with E-state index in [0.717, 1.165) is 16.7 Å². The summed E-state index contributed by atoms with van der Waals surface area (Å²) in [6.45, 7) is 7.54. The number of aromatic nitrogens is 1. The van der Waals surface area contributed by atoms with Crippen LogP contribution in [-0.2, 0) is 4.74 Å². The molecule has 0 radical (unpaired) electrons. The van der Waals surface area contributed by atoms with Gasteiger partial charge in [0.25, 0.3) is 0 Å². The summed E-state index contributed by atoms with van der Waals surface area (Å²) in [4.78, 5) is 15.9. The molecule has 1 N–H and O–H groups in total. The standard InChI is InChI=1S/C17H20N2O2/c1-12-7-8-14(19-16(20)21-17(2,3)4)10-15(12)13-6-5-9-18-11-13/h5-11H,1-4H3,(H,19,20). The molecule has 1 amide bonds. The largest absolute Gasteiger partial charge is 0.444 e. The van der Waals surface area contributed by atoms with Crippen LogP contribution in [0.4, 0.5) is 10.5 Å².